The Balaban J connectivity index is 2.94. The Labute approximate surface area is 87.9 Å². The van der Waals surface area contributed by atoms with Gasteiger partial charge in [-0.15, -0.1) is 0 Å². The van der Waals surface area contributed by atoms with E-state index in [-0.39, 0.29) is 15.6 Å². The van der Waals surface area contributed by atoms with Crippen LogP contribution in [0.25, 0.3) is 11.0 Å². The molecule has 0 aliphatic heterocycles. The van der Waals surface area contributed by atoms with Gasteiger partial charge in [-0.2, -0.15) is 0 Å². The molecule has 0 unspecified atom stereocenters. The molecule has 0 saturated heterocycles. The second kappa shape index (κ2) is 3.21. The van der Waals surface area contributed by atoms with Gasteiger partial charge in [0.05, 0.1) is 0 Å². The number of fused-ring (bicyclic) bond motifs is 1. The maximum Gasteiger partial charge on any atom is 0.224 e. The summed E-state index contributed by atoms with van der Waals surface area (Å²) in [5.41, 5.74) is 0.750. The fourth-order valence-corrected chi connectivity index (χ4v) is 1.46. The van der Waals surface area contributed by atoms with Gasteiger partial charge in [-0.3, -0.25) is 0 Å². The zero-order valence-electron chi connectivity index (χ0n) is 6.00. The Hall–Kier alpha value is -0.710. The molecule has 2 aromatic rings. The van der Waals surface area contributed by atoms with Crippen LogP contribution in [-0.4, -0.2) is 19.9 Å². The summed E-state index contributed by atoms with van der Waals surface area (Å²) in [6, 6.07) is 0. The number of nitrogens with zero attached hydrogens (tertiary/aromatic N) is 4. The van der Waals surface area contributed by atoms with Gasteiger partial charge in [0.2, 0.25) is 5.28 Å². The van der Waals surface area contributed by atoms with Crippen LogP contribution in [0.4, 0.5) is 0 Å². The molecule has 66 valence electrons. The van der Waals surface area contributed by atoms with E-state index in [1.54, 1.807) is 0 Å². The number of rotatable bonds is 0. The van der Waals surface area contributed by atoms with E-state index in [4.69, 9.17) is 34.8 Å². The lowest BCUT2D eigenvalue weighted by molar-refractivity contribution is 1.15. The Morgan fingerprint density at radius 2 is 1.62 bits per heavy atom. The number of aromatic nitrogens is 4. The Morgan fingerprint density at radius 1 is 0.846 bits per heavy atom. The molecule has 0 aromatic carbocycles. The quantitative estimate of drug-likeness (QED) is 0.520. The van der Waals surface area contributed by atoms with Crippen molar-refractivity contribution >= 4 is 45.8 Å². The summed E-state index contributed by atoms with van der Waals surface area (Å²) < 4.78 is 0. The molecule has 0 amide bonds. The first-order valence-electron chi connectivity index (χ1n) is 3.17. The molecule has 7 heteroatoms. The lowest BCUT2D eigenvalue weighted by atomic mass is 10.4. The van der Waals surface area contributed by atoms with E-state index >= 15 is 0 Å². The number of hydrogen-bond donors (Lipinski definition) is 0. The highest BCUT2D eigenvalue weighted by Gasteiger charge is 2.09. The van der Waals surface area contributed by atoms with Gasteiger partial charge in [0.1, 0.15) is 17.4 Å². The van der Waals surface area contributed by atoms with Crippen molar-refractivity contribution < 1.29 is 0 Å². The van der Waals surface area contributed by atoms with Gasteiger partial charge in [-0.25, -0.2) is 19.9 Å². The van der Waals surface area contributed by atoms with E-state index in [0.29, 0.717) is 11.0 Å². The monoisotopic (exact) mass is 234 g/mol. The lowest BCUT2D eigenvalue weighted by Gasteiger charge is -1.98. The minimum absolute atomic E-state index is 0.0224. The Kier molecular flexibility index (Phi) is 2.19. The van der Waals surface area contributed by atoms with Gasteiger partial charge in [0.25, 0.3) is 0 Å². The molecule has 0 N–H and O–H groups in total. The Morgan fingerprint density at radius 3 is 2.38 bits per heavy atom. The average Bonchev–Trinajstić information content (AvgIpc) is 2.07. The third-order valence-corrected chi connectivity index (χ3v) is 2.08. The van der Waals surface area contributed by atoms with Crippen molar-refractivity contribution in [2.45, 2.75) is 0 Å². The third-order valence-electron chi connectivity index (χ3n) is 1.37. The lowest BCUT2D eigenvalue weighted by Crippen LogP contribution is -1.91. The summed E-state index contributed by atoms with van der Waals surface area (Å²) in [5.74, 6) is 0. The molecule has 2 aromatic heterocycles. The van der Waals surface area contributed by atoms with Crippen molar-refractivity contribution in [3.8, 4) is 0 Å². The second-order valence-electron chi connectivity index (χ2n) is 2.15. The van der Waals surface area contributed by atoms with E-state index in [0.717, 1.165) is 0 Å². The molecule has 0 bridgehead atoms. The summed E-state index contributed by atoms with van der Waals surface area (Å²) in [6.07, 6.45) is 1.29. The fourth-order valence-electron chi connectivity index (χ4n) is 0.859. The molecular weight excluding hydrogens is 234 g/mol. The van der Waals surface area contributed by atoms with Gasteiger partial charge in [0, 0.05) is 0 Å². The van der Waals surface area contributed by atoms with Crippen LogP contribution in [0.15, 0.2) is 6.33 Å². The zero-order chi connectivity index (χ0) is 9.42. The predicted molar refractivity (Wildman–Crippen MR) is 50.2 cm³/mol. The van der Waals surface area contributed by atoms with E-state index < -0.39 is 0 Å². The van der Waals surface area contributed by atoms with Crippen molar-refractivity contribution in [1.82, 2.24) is 19.9 Å². The smallest absolute Gasteiger partial charge is 0.224 e. The van der Waals surface area contributed by atoms with E-state index in [1.807, 2.05) is 0 Å². The van der Waals surface area contributed by atoms with Gasteiger partial charge in [0.15, 0.2) is 10.3 Å². The van der Waals surface area contributed by atoms with Gasteiger partial charge < -0.3 is 0 Å². The second-order valence-corrected chi connectivity index (χ2v) is 3.20. The first-order chi connectivity index (χ1) is 6.18. The van der Waals surface area contributed by atoms with Crippen LogP contribution in [0.5, 0.6) is 0 Å². The third kappa shape index (κ3) is 1.52. The predicted octanol–water partition coefficient (Wildman–Crippen LogP) is 2.38. The van der Waals surface area contributed by atoms with Crippen LogP contribution in [0, 0.1) is 0 Å². The molecule has 0 aliphatic carbocycles. The van der Waals surface area contributed by atoms with Crippen molar-refractivity contribution in [3.63, 3.8) is 0 Å². The van der Waals surface area contributed by atoms with Crippen LogP contribution >= 0.6 is 34.8 Å². The summed E-state index contributed by atoms with van der Waals surface area (Å²) in [5, 5.41) is 0.393. The van der Waals surface area contributed by atoms with Crippen molar-refractivity contribution in [2.75, 3.05) is 0 Å². The van der Waals surface area contributed by atoms with E-state index in [9.17, 15) is 0 Å². The largest absolute Gasteiger partial charge is 0.231 e. The first-order valence-corrected chi connectivity index (χ1v) is 4.31. The van der Waals surface area contributed by atoms with Crippen molar-refractivity contribution in [2.24, 2.45) is 0 Å². The molecule has 0 aliphatic rings. The summed E-state index contributed by atoms with van der Waals surface area (Å²) in [6.45, 7) is 0. The minimum Gasteiger partial charge on any atom is -0.231 e. The molecule has 0 radical (unpaired) electrons. The van der Waals surface area contributed by atoms with E-state index in [1.165, 1.54) is 6.33 Å². The van der Waals surface area contributed by atoms with Crippen LogP contribution in [0.1, 0.15) is 0 Å². The van der Waals surface area contributed by atoms with Crippen LogP contribution in [0.2, 0.25) is 15.6 Å². The molecular formula is C6HCl3N4. The van der Waals surface area contributed by atoms with Crippen molar-refractivity contribution in [3.05, 3.63) is 21.9 Å². The maximum absolute atomic E-state index is 5.75. The summed E-state index contributed by atoms with van der Waals surface area (Å²) in [4.78, 5) is 15.2. The molecule has 0 saturated carbocycles. The topological polar surface area (TPSA) is 51.6 Å². The SMILES string of the molecule is Clc1nc(Cl)c2ncnc(Cl)c2n1. The highest BCUT2D eigenvalue weighted by molar-refractivity contribution is 6.38. The average molecular weight is 235 g/mol. The van der Waals surface area contributed by atoms with Gasteiger partial charge >= 0.3 is 0 Å². The molecule has 13 heavy (non-hydrogen) atoms. The highest BCUT2D eigenvalue weighted by atomic mass is 35.5. The molecule has 2 rings (SSSR count). The normalized spacial score (nSPS) is 10.7. The zero-order valence-corrected chi connectivity index (χ0v) is 8.27. The van der Waals surface area contributed by atoms with Gasteiger partial charge in [-0.1, -0.05) is 23.2 Å². The van der Waals surface area contributed by atoms with Crippen LogP contribution < -0.4 is 0 Å². The molecule has 4 nitrogen and oxygen atoms in total. The number of halogens is 3. The molecule has 0 fully saturated rings. The van der Waals surface area contributed by atoms with Crippen molar-refractivity contribution in [1.29, 1.82) is 0 Å². The molecule has 0 spiro atoms. The van der Waals surface area contributed by atoms with Crippen LogP contribution in [0.3, 0.4) is 0 Å². The standard InChI is InChI=1S/C6HCl3N4/c7-4-3-2(10-1-11-4)5(8)13-6(9)12-3/h1H. The first kappa shape index (κ1) is 8.87. The number of hydrogen-bond acceptors (Lipinski definition) is 4. The molecule has 0 atom stereocenters. The highest BCUT2D eigenvalue weighted by Crippen LogP contribution is 2.23. The summed E-state index contributed by atoms with van der Waals surface area (Å²) in [7, 11) is 0. The molecule has 2 heterocycles. The summed E-state index contributed by atoms with van der Waals surface area (Å²) >= 11 is 17.1. The Bertz CT molecular complexity index is 473. The minimum atomic E-state index is 0.0224. The fraction of sp³-hybridized carbons (Fsp3) is 0. The maximum atomic E-state index is 5.75. The van der Waals surface area contributed by atoms with E-state index in [2.05, 4.69) is 19.9 Å². The van der Waals surface area contributed by atoms with Crippen LogP contribution in [-0.2, 0) is 0 Å². The van der Waals surface area contributed by atoms with Gasteiger partial charge in [-0.05, 0) is 11.6 Å².